The number of nitrogens with zero attached hydrogens (tertiary/aromatic N) is 4. The van der Waals surface area contributed by atoms with Crippen LogP contribution in [0.15, 0.2) is 24.9 Å². The Kier molecular flexibility index (Phi) is 5.28. The Morgan fingerprint density at radius 2 is 2.00 bits per heavy atom. The predicted molar refractivity (Wildman–Crippen MR) is 83.0 cm³/mol. The van der Waals surface area contributed by atoms with E-state index in [1.54, 1.807) is 29.5 Å². The molecule has 1 amide bonds. The number of carbonyl (C=O) groups excluding carboxylic acids is 1. The van der Waals surface area contributed by atoms with Gasteiger partial charge in [-0.05, 0) is 32.8 Å². The minimum atomic E-state index is -0.507. The van der Waals surface area contributed by atoms with E-state index in [1.807, 2.05) is 20.8 Å². The van der Waals surface area contributed by atoms with Crippen LogP contribution in [0.2, 0.25) is 0 Å². The molecule has 0 aliphatic carbocycles. The van der Waals surface area contributed by atoms with E-state index in [1.165, 1.54) is 0 Å². The van der Waals surface area contributed by atoms with Crippen LogP contribution in [0.1, 0.15) is 32.0 Å². The van der Waals surface area contributed by atoms with Crippen LogP contribution in [0.4, 0.5) is 4.79 Å². The summed E-state index contributed by atoms with van der Waals surface area (Å²) >= 11 is 0. The Labute approximate surface area is 134 Å². The largest absolute Gasteiger partial charge is 0.444 e. The van der Waals surface area contributed by atoms with Crippen molar-refractivity contribution in [1.29, 1.82) is 0 Å². The lowest BCUT2D eigenvalue weighted by Crippen LogP contribution is -2.33. The maximum absolute atomic E-state index is 11.5. The van der Waals surface area contributed by atoms with Crippen molar-refractivity contribution in [2.45, 2.75) is 39.4 Å². The summed E-state index contributed by atoms with van der Waals surface area (Å²) in [5.74, 6) is 0.473. The first-order valence-corrected chi connectivity index (χ1v) is 7.29. The highest BCUT2D eigenvalue weighted by molar-refractivity contribution is 5.67. The van der Waals surface area contributed by atoms with E-state index in [0.717, 1.165) is 5.56 Å². The van der Waals surface area contributed by atoms with Crippen LogP contribution in [0.3, 0.4) is 0 Å². The van der Waals surface area contributed by atoms with Crippen LogP contribution in [0.25, 0.3) is 5.95 Å². The summed E-state index contributed by atoms with van der Waals surface area (Å²) in [4.78, 5) is 24.0. The van der Waals surface area contributed by atoms with E-state index >= 15 is 0 Å². The molecule has 0 bridgehead atoms. The maximum Gasteiger partial charge on any atom is 0.407 e. The van der Waals surface area contributed by atoms with Gasteiger partial charge in [-0.3, -0.25) is 4.57 Å². The molecule has 0 unspecified atom stereocenters. The number of nitrogens with one attached hydrogen (secondary N) is 1. The zero-order valence-electron chi connectivity index (χ0n) is 13.5. The lowest BCUT2D eigenvalue weighted by Gasteiger charge is -2.19. The first-order chi connectivity index (χ1) is 10.9. The highest BCUT2D eigenvalue weighted by Gasteiger charge is 2.15. The van der Waals surface area contributed by atoms with E-state index in [-0.39, 0.29) is 6.61 Å². The summed E-state index contributed by atoms with van der Waals surface area (Å²) in [7, 11) is 0. The van der Waals surface area contributed by atoms with E-state index in [2.05, 4.69) is 20.3 Å². The van der Waals surface area contributed by atoms with Gasteiger partial charge in [0.15, 0.2) is 0 Å². The third-order valence-corrected chi connectivity index (χ3v) is 2.80. The fraction of sp³-hybridized carbons (Fsp3) is 0.467. The average molecular weight is 319 g/mol. The number of imidazole rings is 1. The molecule has 2 N–H and O–H groups in total. The first kappa shape index (κ1) is 16.9. The van der Waals surface area contributed by atoms with Gasteiger partial charge in [0.25, 0.3) is 0 Å². The SMILES string of the molecule is CC(C)(C)OC(=O)NCCc1cnc(-n2cnc(CO)c2)nc1. The summed E-state index contributed by atoms with van der Waals surface area (Å²) in [5, 5.41) is 11.7. The van der Waals surface area contributed by atoms with Crippen molar-refractivity contribution in [2.75, 3.05) is 6.54 Å². The molecule has 0 atom stereocenters. The molecule has 2 heterocycles. The molecule has 0 fully saturated rings. The van der Waals surface area contributed by atoms with Crippen LogP contribution in [0.5, 0.6) is 0 Å². The molecule has 0 aromatic carbocycles. The van der Waals surface area contributed by atoms with Gasteiger partial charge in [0.05, 0.1) is 12.3 Å². The van der Waals surface area contributed by atoms with Crippen LogP contribution < -0.4 is 5.32 Å². The van der Waals surface area contributed by atoms with Gasteiger partial charge in [0, 0.05) is 25.1 Å². The third-order valence-electron chi connectivity index (χ3n) is 2.80. The van der Waals surface area contributed by atoms with Crippen molar-refractivity contribution in [3.8, 4) is 5.95 Å². The summed E-state index contributed by atoms with van der Waals surface area (Å²) in [6, 6.07) is 0. The van der Waals surface area contributed by atoms with Gasteiger partial charge < -0.3 is 15.2 Å². The smallest absolute Gasteiger partial charge is 0.407 e. The third kappa shape index (κ3) is 5.33. The van der Waals surface area contributed by atoms with Gasteiger partial charge in [-0.2, -0.15) is 0 Å². The quantitative estimate of drug-likeness (QED) is 0.859. The Bertz CT molecular complexity index is 646. The van der Waals surface area contributed by atoms with E-state index in [4.69, 9.17) is 9.84 Å². The molecule has 8 nitrogen and oxygen atoms in total. The summed E-state index contributed by atoms with van der Waals surface area (Å²) < 4.78 is 6.79. The number of alkyl carbamates (subject to hydrolysis) is 1. The van der Waals surface area contributed by atoms with Gasteiger partial charge in [-0.15, -0.1) is 0 Å². The molecule has 124 valence electrons. The highest BCUT2D eigenvalue weighted by Crippen LogP contribution is 2.07. The van der Waals surface area contributed by atoms with Crippen molar-refractivity contribution in [3.05, 3.63) is 36.2 Å². The van der Waals surface area contributed by atoms with Crippen LogP contribution in [-0.4, -0.2) is 42.9 Å². The summed E-state index contributed by atoms with van der Waals surface area (Å²) in [5.41, 5.74) is 0.944. The minimum Gasteiger partial charge on any atom is -0.444 e. The monoisotopic (exact) mass is 319 g/mol. The van der Waals surface area contributed by atoms with Crippen LogP contribution in [0, 0.1) is 0 Å². The zero-order chi connectivity index (χ0) is 16.9. The molecule has 2 aromatic rings. The summed E-state index contributed by atoms with van der Waals surface area (Å²) in [6.07, 6.45) is 6.76. The Balaban J connectivity index is 1.84. The second-order valence-corrected chi connectivity index (χ2v) is 6.00. The van der Waals surface area contributed by atoms with Crippen molar-refractivity contribution in [2.24, 2.45) is 0 Å². The second kappa shape index (κ2) is 7.19. The van der Waals surface area contributed by atoms with Crippen molar-refractivity contribution < 1.29 is 14.6 Å². The molecular weight excluding hydrogens is 298 g/mol. The second-order valence-electron chi connectivity index (χ2n) is 6.00. The number of hydrogen-bond donors (Lipinski definition) is 2. The van der Waals surface area contributed by atoms with Crippen LogP contribution in [-0.2, 0) is 17.8 Å². The molecule has 0 radical (unpaired) electrons. The Morgan fingerprint density at radius 1 is 1.30 bits per heavy atom. The maximum atomic E-state index is 11.5. The lowest BCUT2D eigenvalue weighted by molar-refractivity contribution is 0.0528. The van der Waals surface area contributed by atoms with Crippen molar-refractivity contribution >= 4 is 6.09 Å². The number of aromatic nitrogens is 4. The predicted octanol–water partition coefficient (Wildman–Crippen LogP) is 1.22. The minimum absolute atomic E-state index is 0.124. The molecular formula is C15H21N5O3. The number of aliphatic hydroxyl groups excluding tert-OH is 1. The topological polar surface area (TPSA) is 102 Å². The van der Waals surface area contributed by atoms with Gasteiger partial charge in [0.1, 0.15) is 11.9 Å². The zero-order valence-corrected chi connectivity index (χ0v) is 13.5. The van der Waals surface area contributed by atoms with Gasteiger partial charge in [-0.25, -0.2) is 19.7 Å². The molecule has 0 spiro atoms. The molecule has 2 aromatic heterocycles. The number of hydrogen-bond acceptors (Lipinski definition) is 6. The number of ether oxygens (including phenoxy) is 1. The fourth-order valence-electron chi connectivity index (χ4n) is 1.79. The van der Waals surface area contributed by atoms with Crippen molar-refractivity contribution in [1.82, 2.24) is 24.8 Å². The number of rotatable bonds is 5. The molecule has 0 aliphatic rings. The average Bonchev–Trinajstić information content (AvgIpc) is 2.95. The van der Waals surface area contributed by atoms with Gasteiger partial charge in [0.2, 0.25) is 5.95 Å². The Hall–Kier alpha value is -2.48. The molecule has 0 saturated carbocycles. The standard InChI is InChI=1S/C15H21N5O3/c1-15(2,3)23-14(22)16-5-4-11-6-17-13(18-7-11)20-8-12(9-21)19-10-20/h6-8,10,21H,4-5,9H2,1-3H3,(H,16,22). The van der Waals surface area contributed by atoms with Gasteiger partial charge >= 0.3 is 6.09 Å². The molecule has 0 aliphatic heterocycles. The molecule has 23 heavy (non-hydrogen) atoms. The Morgan fingerprint density at radius 3 is 2.57 bits per heavy atom. The number of amides is 1. The number of aliphatic hydroxyl groups is 1. The lowest BCUT2D eigenvalue weighted by atomic mass is 10.2. The first-order valence-electron chi connectivity index (χ1n) is 7.29. The molecule has 0 saturated heterocycles. The van der Waals surface area contributed by atoms with Gasteiger partial charge in [-0.1, -0.05) is 0 Å². The van der Waals surface area contributed by atoms with E-state index in [9.17, 15) is 4.79 Å². The molecule has 2 rings (SSSR count). The van der Waals surface area contributed by atoms with Crippen molar-refractivity contribution in [3.63, 3.8) is 0 Å². The normalized spacial score (nSPS) is 11.3. The van der Waals surface area contributed by atoms with E-state index < -0.39 is 11.7 Å². The van der Waals surface area contributed by atoms with Crippen LogP contribution >= 0.6 is 0 Å². The van der Waals surface area contributed by atoms with E-state index in [0.29, 0.717) is 24.6 Å². The highest BCUT2D eigenvalue weighted by atomic mass is 16.6. The molecule has 8 heteroatoms. The summed E-state index contributed by atoms with van der Waals surface area (Å²) in [6.45, 7) is 5.77. The number of carbonyl (C=O) groups is 1. The fourth-order valence-corrected chi connectivity index (χ4v) is 1.79.